The van der Waals surface area contributed by atoms with E-state index in [0.717, 1.165) is 4.90 Å². The van der Waals surface area contributed by atoms with Gasteiger partial charge in [-0.1, -0.05) is 6.07 Å². The van der Waals surface area contributed by atoms with Crippen molar-refractivity contribution in [1.29, 1.82) is 0 Å². The number of carbonyl (C=O) groups is 1. The van der Waals surface area contributed by atoms with Crippen molar-refractivity contribution in [3.63, 3.8) is 0 Å². The van der Waals surface area contributed by atoms with E-state index in [1.165, 1.54) is 11.3 Å². The van der Waals surface area contributed by atoms with Gasteiger partial charge in [-0.05, 0) is 37.4 Å². The number of thiophene rings is 1. The third-order valence-corrected chi connectivity index (χ3v) is 4.16. The number of hydrogen-bond acceptors (Lipinski definition) is 5. The molecule has 0 atom stereocenters. The molecule has 0 unspecified atom stereocenters. The first-order valence-electron chi connectivity index (χ1n) is 6.94. The molecule has 3 rings (SSSR count). The van der Waals surface area contributed by atoms with E-state index < -0.39 is 6.09 Å². The van der Waals surface area contributed by atoms with E-state index in [0.29, 0.717) is 21.7 Å². The molecule has 0 aliphatic rings. The number of fused-ring (bicyclic) bond motifs is 1. The van der Waals surface area contributed by atoms with E-state index in [1.54, 1.807) is 43.5 Å². The van der Waals surface area contributed by atoms with Crippen LogP contribution in [0.1, 0.15) is 13.8 Å². The van der Waals surface area contributed by atoms with Crippen molar-refractivity contribution in [2.24, 2.45) is 0 Å². The number of H-pyrrole nitrogens is 1. The number of anilines is 1. The fourth-order valence-corrected chi connectivity index (χ4v) is 2.99. The first-order chi connectivity index (χ1) is 11.0. The first-order valence-corrected chi connectivity index (χ1v) is 7.82. The van der Waals surface area contributed by atoms with Crippen LogP contribution >= 0.6 is 11.3 Å². The Morgan fingerprint density at radius 3 is 2.78 bits per heavy atom. The summed E-state index contributed by atoms with van der Waals surface area (Å²) < 4.78 is 0.555. The van der Waals surface area contributed by atoms with Gasteiger partial charge in [-0.25, -0.2) is 14.8 Å². The van der Waals surface area contributed by atoms with Crippen LogP contribution in [0, 0.1) is 0 Å². The lowest BCUT2D eigenvalue weighted by atomic mass is 10.3. The maximum atomic E-state index is 12.1. The van der Waals surface area contributed by atoms with Gasteiger partial charge in [0.1, 0.15) is 16.2 Å². The molecular formula is C15H14N4O3S. The van der Waals surface area contributed by atoms with Crippen molar-refractivity contribution in [2.45, 2.75) is 19.9 Å². The fourth-order valence-electron chi connectivity index (χ4n) is 2.27. The number of rotatable bonds is 3. The molecule has 0 fully saturated rings. The molecule has 0 spiro atoms. The Morgan fingerprint density at radius 2 is 2.09 bits per heavy atom. The van der Waals surface area contributed by atoms with Crippen LogP contribution in [-0.2, 0) is 0 Å². The van der Waals surface area contributed by atoms with Gasteiger partial charge in [0, 0.05) is 6.04 Å². The Balaban J connectivity index is 2.11. The normalized spacial score (nSPS) is 11.1. The van der Waals surface area contributed by atoms with Gasteiger partial charge in [-0.3, -0.25) is 9.69 Å². The molecule has 23 heavy (non-hydrogen) atoms. The van der Waals surface area contributed by atoms with Crippen LogP contribution in [0.3, 0.4) is 0 Å². The monoisotopic (exact) mass is 330 g/mol. The van der Waals surface area contributed by atoms with Crippen LogP contribution in [0.15, 0.2) is 34.4 Å². The van der Waals surface area contributed by atoms with Gasteiger partial charge in [0.25, 0.3) is 5.56 Å². The van der Waals surface area contributed by atoms with E-state index >= 15 is 0 Å². The predicted molar refractivity (Wildman–Crippen MR) is 89.1 cm³/mol. The summed E-state index contributed by atoms with van der Waals surface area (Å²) in [7, 11) is 0. The summed E-state index contributed by atoms with van der Waals surface area (Å²) >= 11 is 1.32. The molecule has 0 aliphatic heterocycles. The largest absolute Gasteiger partial charge is 0.465 e. The van der Waals surface area contributed by atoms with Gasteiger partial charge < -0.3 is 10.1 Å². The van der Waals surface area contributed by atoms with E-state index in [2.05, 4.69) is 15.0 Å². The molecule has 7 nitrogen and oxygen atoms in total. The summed E-state index contributed by atoms with van der Waals surface area (Å²) in [6.45, 7) is 3.53. The molecule has 3 aromatic rings. The second-order valence-electron chi connectivity index (χ2n) is 5.18. The highest BCUT2D eigenvalue weighted by atomic mass is 32.1. The van der Waals surface area contributed by atoms with Gasteiger partial charge in [-0.2, -0.15) is 0 Å². The van der Waals surface area contributed by atoms with E-state index in [4.69, 9.17) is 0 Å². The lowest BCUT2D eigenvalue weighted by Crippen LogP contribution is -2.36. The minimum absolute atomic E-state index is 0.230. The van der Waals surface area contributed by atoms with Crippen LogP contribution in [0.2, 0.25) is 0 Å². The van der Waals surface area contributed by atoms with Crippen molar-refractivity contribution in [2.75, 3.05) is 4.90 Å². The highest BCUT2D eigenvalue weighted by molar-refractivity contribution is 7.17. The Hall–Kier alpha value is -2.74. The molecule has 0 aliphatic carbocycles. The van der Waals surface area contributed by atoms with Crippen LogP contribution in [0.4, 0.5) is 10.6 Å². The Labute approximate surface area is 135 Å². The quantitative estimate of drug-likeness (QED) is 0.769. The highest BCUT2D eigenvalue weighted by Crippen LogP contribution is 2.21. The Bertz CT molecular complexity index is 932. The lowest BCUT2D eigenvalue weighted by molar-refractivity contribution is 0.200. The van der Waals surface area contributed by atoms with Crippen molar-refractivity contribution < 1.29 is 9.90 Å². The second-order valence-corrected chi connectivity index (χ2v) is 6.09. The van der Waals surface area contributed by atoms with Gasteiger partial charge in [0.2, 0.25) is 0 Å². The third kappa shape index (κ3) is 2.80. The predicted octanol–water partition coefficient (Wildman–Crippen LogP) is 2.94. The molecular weight excluding hydrogens is 316 g/mol. The molecule has 0 bridgehead atoms. The minimum Gasteiger partial charge on any atom is -0.465 e. The summed E-state index contributed by atoms with van der Waals surface area (Å²) in [5.41, 5.74) is 0.783. The molecule has 0 saturated heterocycles. The number of carboxylic acid groups (broad SMARTS) is 1. The van der Waals surface area contributed by atoms with Crippen molar-refractivity contribution in [1.82, 2.24) is 15.0 Å². The van der Waals surface area contributed by atoms with Crippen LogP contribution in [0.5, 0.6) is 0 Å². The van der Waals surface area contributed by atoms with E-state index in [9.17, 15) is 14.7 Å². The summed E-state index contributed by atoms with van der Waals surface area (Å²) in [6, 6.07) is 6.48. The number of amides is 1. The zero-order chi connectivity index (χ0) is 16.6. The number of aromatic amines is 1. The number of pyridine rings is 1. The third-order valence-electron chi connectivity index (χ3n) is 3.26. The van der Waals surface area contributed by atoms with Crippen LogP contribution in [-0.4, -0.2) is 32.2 Å². The maximum Gasteiger partial charge on any atom is 0.413 e. The SMILES string of the molecule is CC(C)N(C(=O)O)c1cccc(-c2nc3ccsc3c(=O)[nH]2)n1. The smallest absolute Gasteiger partial charge is 0.413 e. The number of hydrogen-bond donors (Lipinski definition) is 2. The van der Waals surface area contributed by atoms with Gasteiger partial charge >= 0.3 is 6.09 Å². The Morgan fingerprint density at radius 1 is 1.30 bits per heavy atom. The first kappa shape index (κ1) is 15.2. The molecule has 1 amide bonds. The number of nitrogens with zero attached hydrogens (tertiary/aromatic N) is 3. The summed E-state index contributed by atoms with van der Waals surface area (Å²) in [4.78, 5) is 36.0. The highest BCUT2D eigenvalue weighted by Gasteiger charge is 2.20. The van der Waals surface area contributed by atoms with Gasteiger partial charge in [0.15, 0.2) is 5.82 Å². The molecule has 0 saturated carbocycles. The van der Waals surface area contributed by atoms with Crippen molar-refractivity contribution in [3.8, 4) is 11.5 Å². The summed E-state index contributed by atoms with van der Waals surface area (Å²) in [5, 5.41) is 11.1. The van der Waals surface area contributed by atoms with E-state index in [1.807, 2.05) is 0 Å². The van der Waals surface area contributed by atoms with Gasteiger partial charge in [0.05, 0.1) is 5.52 Å². The topological polar surface area (TPSA) is 99.2 Å². The van der Waals surface area contributed by atoms with Crippen molar-refractivity contribution >= 4 is 33.5 Å². The molecule has 2 N–H and O–H groups in total. The summed E-state index contributed by atoms with van der Waals surface area (Å²) in [5.74, 6) is 0.606. The van der Waals surface area contributed by atoms with Crippen LogP contribution < -0.4 is 10.5 Å². The minimum atomic E-state index is -1.08. The standard InChI is InChI=1S/C15H14N4O3S/c1-8(2)19(15(21)22)11-5-3-4-10(16-11)13-17-9-6-7-23-12(9)14(20)18-13/h3-8H,1-2H3,(H,21,22)(H,17,18,20). The molecule has 3 heterocycles. The average Bonchev–Trinajstić information content (AvgIpc) is 2.96. The van der Waals surface area contributed by atoms with Crippen LogP contribution in [0.25, 0.3) is 21.7 Å². The number of nitrogens with one attached hydrogen (secondary N) is 1. The summed E-state index contributed by atoms with van der Waals surface area (Å²) in [6.07, 6.45) is -1.08. The zero-order valence-electron chi connectivity index (χ0n) is 12.5. The molecule has 0 aromatic carbocycles. The number of aromatic nitrogens is 3. The van der Waals surface area contributed by atoms with Crippen molar-refractivity contribution in [3.05, 3.63) is 40.0 Å². The van der Waals surface area contributed by atoms with E-state index in [-0.39, 0.29) is 17.4 Å². The average molecular weight is 330 g/mol. The second kappa shape index (κ2) is 5.81. The molecule has 3 aromatic heterocycles. The fraction of sp³-hybridized carbons (Fsp3) is 0.200. The Kier molecular flexibility index (Phi) is 3.83. The van der Waals surface area contributed by atoms with Gasteiger partial charge in [-0.15, -0.1) is 11.3 Å². The zero-order valence-corrected chi connectivity index (χ0v) is 13.3. The molecule has 118 valence electrons. The molecule has 8 heteroatoms. The lowest BCUT2D eigenvalue weighted by Gasteiger charge is -2.22. The molecule has 0 radical (unpaired) electrons. The maximum absolute atomic E-state index is 12.1.